The molecule has 0 bridgehead atoms. The topological polar surface area (TPSA) is 276 Å². The molecule has 3 aromatic heterocycles. The molecule has 6 amide bonds. The number of aromatic nitrogens is 4. The standard InChI is InChI=1S/C42H61N11O12S2/c1-23(2)21-61-34(57)42(12,13)65-50-29(26-22-66-35(46-26)48-36(58)62-39(3,4)5)32(56)47-28-25(45-31(28)55)17-43-30(54)27-18-44-33(67-27)24-19-51(14)52(20-24)15-16-53(38(60)64-41(9,10)11)49-37(59)63-40(6,7)8/h18-20,22-23,25,28H,15-17,21H2,1-14H3,(H4-,43,45,46,47,48,49,54,55,56,58,59)/p+1/b50-29-/t25-,28+/m1/s1. The van der Waals surface area contributed by atoms with Gasteiger partial charge < -0.3 is 39.7 Å². The molecule has 0 radical (unpaired) electrons. The predicted octanol–water partition coefficient (Wildman–Crippen LogP) is 4.03. The Morgan fingerprint density at radius 3 is 2.21 bits per heavy atom. The number of nitrogens with zero attached hydrogens (tertiary/aromatic N) is 6. The Labute approximate surface area is 396 Å². The molecule has 4 heterocycles. The fourth-order valence-electron chi connectivity index (χ4n) is 5.45. The van der Waals surface area contributed by atoms with E-state index in [1.807, 2.05) is 13.8 Å². The zero-order valence-corrected chi connectivity index (χ0v) is 41.9. The van der Waals surface area contributed by atoms with Gasteiger partial charge in [0.1, 0.15) is 38.4 Å². The molecule has 0 unspecified atom stereocenters. The molecule has 5 N–H and O–H groups in total. The van der Waals surface area contributed by atoms with E-state index in [2.05, 4.69) is 41.8 Å². The van der Waals surface area contributed by atoms with Crippen LogP contribution in [0.5, 0.6) is 0 Å². The van der Waals surface area contributed by atoms with E-state index < -0.39 is 82.2 Å². The third kappa shape index (κ3) is 16.5. The van der Waals surface area contributed by atoms with Crippen LogP contribution in [0.1, 0.15) is 105 Å². The van der Waals surface area contributed by atoms with Crippen LogP contribution in [0.3, 0.4) is 0 Å². The van der Waals surface area contributed by atoms with Crippen molar-refractivity contribution >= 4 is 75.5 Å². The van der Waals surface area contributed by atoms with Crippen molar-refractivity contribution in [3.63, 3.8) is 0 Å². The molecule has 0 saturated carbocycles. The first-order chi connectivity index (χ1) is 30.9. The van der Waals surface area contributed by atoms with Gasteiger partial charge in [0.05, 0.1) is 43.7 Å². The highest BCUT2D eigenvalue weighted by atomic mass is 32.1. The molecule has 0 aromatic carbocycles. The number of amides is 6. The SMILES string of the molecule is CC(C)COC(=O)C(C)(C)O/N=C(\C(=O)N[C@@H]1C(=O)N[C@@H]1CNC(=O)c1cnc(-c2cn(CCN(NC(=O)OC(C)(C)C)C(=O)OC(C)(C)C)[n+](C)c2)s1)c1csc(NC(=O)OC(C)(C)C)n1. The van der Waals surface area contributed by atoms with Crippen molar-refractivity contribution in [3.05, 3.63) is 34.5 Å². The van der Waals surface area contributed by atoms with Crippen LogP contribution in [-0.4, -0.2) is 122 Å². The molecule has 1 aliphatic rings. The molecule has 4 rings (SSSR count). The third-order valence-corrected chi connectivity index (χ3v) is 10.3. The van der Waals surface area contributed by atoms with Crippen LogP contribution in [0.2, 0.25) is 0 Å². The minimum atomic E-state index is -1.64. The molecule has 2 atom stereocenters. The van der Waals surface area contributed by atoms with Gasteiger partial charge in [-0.3, -0.25) is 19.7 Å². The number of ether oxygens (including phenoxy) is 4. The van der Waals surface area contributed by atoms with E-state index in [4.69, 9.17) is 23.8 Å². The van der Waals surface area contributed by atoms with E-state index in [1.54, 1.807) is 91.1 Å². The number of β-lactam (4-membered cyclic amide) rings is 1. The van der Waals surface area contributed by atoms with Gasteiger partial charge >= 0.3 is 24.2 Å². The summed E-state index contributed by atoms with van der Waals surface area (Å²) < 4.78 is 24.9. The second kappa shape index (κ2) is 21.5. The number of esters is 1. The van der Waals surface area contributed by atoms with Gasteiger partial charge in [-0.15, -0.1) is 27.4 Å². The molecule has 1 saturated heterocycles. The van der Waals surface area contributed by atoms with Crippen LogP contribution < -0.4 is 31.4 Å². The van der Waals surface area contributed by atoms with Crippen molar-refractivity contribution in [3.8, 4) is 10.6 Å². The highest BCUT2D eigenvalue weighted by molar-refractivity contribution is 7.17. The van der Waals surface area contributed by atoms with Crippen LogP contribution in [0.25, 0.3) is 10.6 Å². The average molecular weight is 977 g/mol. The van der Waals surface area contributed by atoms with Gasteiger partial charge in [-0.2, -0.15) is 4.68 Å². The van der Waals surface area contributed by atoms with E-state index in [0.717, 1.165) is 27.7 Å². The van der Waals surface area contributed by atoms with Gasteiger partial charge in [0, 0.05) is 11.9 Å². The monoisotopic (exact) mass is 976 g/mol. The van der Waals surface area contributed by atoms with Crippen molar-refractivity contribution < 1.29 is 62.0 Å². The fraction of sp³-hybridized carbons (Fsp3) is 0.595. The van der Waals surface area contributed by atoms with Crippen molar-refractivity contribution in [1.82, 2.24) is 41.0 Å². The number of anilines is 1. The summed E-state index contributed by atoms with van der Waals surface area (Å²) >= 11 is 2.07. The van der Waals surface area contributed by atoms with Gasteiger partial charge in [0.15, 0.2) is 17.9 Å². The van der Waals surface area contributed by atoms with E-state index in [9.17, 15) is 33.6 Å². The van der Waals surface area contributed by atoms with Crippen LogP contribution in [0, 0.1) is 5.92 Å². The first-order valence-electron chi connectivity index (χ1n) is 21.2. The van der Waals surface area contributed by atoms with Gasteiger partial charge in [0.25, 0.3) is 11.8 Å². The molecule has 25 heteroatoms. The maximum atomic E-state index is 13.8. The lowest BCUT2D eigenvalue weighted by molar-refractivity contribution is -0.753. The minimum absolute atomic E-state index is 0.00893. The molecule has 23 nitrogen and oxygen atoms in total. The number of hydrogen-bond donors (Lipinski definition) is 5. The van der Waals surface area contributed by atoms with E-state index >= 15 is 0 Å². The Morgan fingerprint density at radius 1 is 0.955 bits per heavy atom. The summed E-state index contributed by atoms with van der Waals surface area (Å²) in [4.78, 5) is 105. The van der Waals surface area contributed by atoms with Gasteiger partial charge in [-0.1, -0.05) is 19.0 Å². The van der Waals surface area contributed by atoms with Crippen molar-refractivity contribution in [2.45, 2.75) is 131 Å². The first-order valence-corrected chi connectivity index (χ1v) is 22.9. The number of oxime groups is 1. The number of hydrazine groups is 1. The molecule has 368 valence electrons. The first kappa shape index (κ1) is 53.2. The molecular formula is C42H62N11O12S2+. The lowest BCUT2D eigenvalue weighted by atomic mass is 9.98. The number of aryl methyl sites for hydroxylation is 1. The lowest BCUT2D eigenvalue weighted by Gasteiger charge is -2.37. The van der Waals surface area contributed by atoms with Gasteiger partial charge in [-0.05, 0) is 82.1 Å². The number of rotatable bonds is 16. The number of carbonyl (C=O) groups is 7. The number of thiazole rings is 2. The van der Waals surface area contributed by atoms with Crippen LogP contribution in [0.4, 0.5) is 19.5 Å². The Kier molecular flexibility index (Phi) is 17.1. The van der Waals surface area contributed by atoms with Crippen LogP contribution in [0.15, 0.2) is 29.1 Å². The van der Waals surface area contributed by atoms with E-state index in [0.29, 0.717) is 10.6 Å². The molecule has 0 spiro atoms. The smallest absolute Gasteiger partial charge is 0.429 e. The molecule has 0 aliphatic carbocycles. The lowest BCUT2D eigenvalue weighted by Crippen LogP contribution is -2.72. The Bertz CT molecular complexity index is 2330. The zero-order chi connectivity index (χ0) is 50.2. The molecule has 67 heavy (non-hydrogen) atoms. The number of carbonyl (C=O) groups excluding carboxylic acids is 7. The highest BCUT2D eigenvalue weighted by Gasteiger charge is 2.42. The minimum Gasteiger partial charge on any atom is -0.462 e. The maximum absolute atomic E-state index is 13.8. The molecular weight excluding hydrogens is 915 g/mol. The van der Waals surface area contributed by atoms with Crippen LogP contribution >= 0.6 is 22.7 Å². The van der Waals surface area contributed by atoms with E-state index in [1.165, 1.54) is 25.4 Å². The normalized spacial score (nSPS) is 15.4. The predicted molar refractivity (Wildman–Crippen MR) is 245 cm³/mol. The van der Waals surface area contributed by atoms with Crippen LogP contribution in [-0.2, 0) is 51.8 Å². The Morgan fingerprint density at radius 2 is 1.60 bits per heavy atom. The zero-order valence-electron chi connectivity index (χ0n) is 40.3. The second-order valence-corrected chi connectivity index (χ2v) is 21.1. The van der Waals surface area contributed by atoms with Gasteiger partial charge in [0.2, 0.25) is 17.7 Å². The third-order valence-electron chi connectivity index (χ3n) is 8.54. The summed E-state index contributed by atoms with van der Waals surface area (Å²) in [5.74, 6) is -2.62. The van der Waals surface area contributed by atoms with Crippen molar-refractivity contribution in [1.29, 1.82) is 0 Å². The maximum Gasteiger partial charge on any atom is 0.429 e. The number of nitrogens with one attached hydrogen (secondary N) is 5. The molecule has 1 aliphatic heterocycles. The second-order valence-electron chi connectivity index (χ2n) is 19.2. The average Bonchev–Trinajstić information content (AvgIpc) is 3.94. The summed E-state index contributed by atoms with van der Waals surface area (Å²) in [5, 5.41) is 17.5. The Balaban J connectivity index is 1.42. The Hall–Kier alpha value is -6.37. The van der Waals surface area contributed by atoms with Crippen molar-refractivity contribution in [2.75, 3.05) is 25.0 Å². The summed E-state index contributed by atoms with van der Waals surface area (Å²) in [6, 6.07) is -1.86. The highest BCUT2D eigenvalue weighted by Crippen LogP contribution is 2.25. The largest absolute Gasteiger partial charge is 0.462 e. The summed E-state index contributed by atoms with van der Waals surface area (Å²) in [5.41, 5.74) is -1.40. The van der Waals surface area contributed by atoms with Crippen molar-refractivity contribution in [2.24, 2.45) is 18.1 Å². The summed E-state index contributed by atoms with van der Waals surface area (Å²) in [6.45, 7) is 22.1. The summed E-state index contributed by atoms with van der Waals surface area (Å²) in [7, 11) is 1.78. The van der Waals surface area contributed by atoms with Gasteiger partial charge in [-0.25, -0.2) is 39.6 Å². The molecule has 1 fully saturated rings. The number of hydrogen-bond acceptors (Lipinski definition) is 17. The fourth-order valence-corrected chi connectivity index (χ4v) is 6.94. The summed E-state index contributed by atoms with van der Waals surface area (Å²) in [6.07, 6.45) is 2.57. The molecule has 3 aromatic rings. The quantitative estimate of drug-likeness (QED) is 0.0339. The van der Waals surface area contributed by atoms with E-state index in [-0.39, 0.29) is 47.9 Å².